The molecule has 1 atom stereocenters. The number of hydrogen-bond acceptors (Lipinski definition) is 4. The first-order chi connectivity index (χ1) is 11.5. The number of pyridine rings is 1. The molecule has 0 spiro atoms. The second-order valence-electron chi connectivity index (χ2n) is 6.60. The number of esters is 1. The summed E-state index contributed by atoms with van der Waals surface area (Å²) in [6.07, 6.45) is 2.23. The van der Waals surface area contributed by atoms with Crippen LogP contribution in [-0.4, -0.2) is 30.0 Å². The number of fused-ring (bicyclic) bond motifs is 1. The second kappa shape index (κ2) is 6.59. The zero-order valence-corrected chi connectivity index (χ0v) is 14.2. The SMILES string of the molecule is COC(=O)[C@H](NC(=O)c1cc(C2CC2)nc2ccccc12)C(C)C. The number of nitrogens with zero attached hydrogens (tertiary/aromatic N) is 1. The topological polar surface area (TPSA) is 68.3 Å². The van der Waals surface area contributed by atoms with Crippen LogP contribution >= 0.6 is 0 Å². The fourth-order valence-corrected chi connectivity index (χ4v) is 2.82. The standard InChI is InChI=1S/C19H22N2O3/c1-11(2)17(19(23)24-3)21-18(22)14-10-16(12-8-9-12)20-15-7-5-4-6-13(14)15/h4-7,10-12,17H,8-9H2,1-3H3,(H,21,22)/t17-/m1/s1. The minimum atomic E-state index is -0.668. The summed E-state index contributed by atoms with van der Waals surface area (Å²) in [5.41, 5.74) is 2.33. The van der Waals surface area contributed by atoms with Gasteiger partial charge in [0, 0.05) is 17.0 Å². The molecule has 5 nitrogen and oxygen atoms in total. The third-order valence-electron chi connectivity index (χ3n) is 4.38. The van der Waals surface area contributed by atoms with Crippen LogP contribution in [0.15, 0.2) is 30.3 Å². The molecule has 0 bridgehead atoms. The molecule has 1 aliphatic rings. The van der Waals surface area contributed by atoms with Gasteiger partial charge in [-0.1, -0.05) is 32.0 Å². The van der Waals surface area contributed by atoms with E-state index in [1.54, 1.807) is 0 Å². The van der Waals surface area contributed by atoms with E-state index in [-0.39, 0.29) is 11.8 Å². The zero-order valence-electron chi connectivity index (χ0n) is 14.2. The molecule has 1 aliphatic carbocycles. The maximum absolute atomic E-state index is 12.8. The van der Waals surface area contributed by atoms with Crippen LogP contribution in [0.25, 0.3) is 10.9 Å². The summed E-state index contributed by atoms with van der Waals surface area (Å²) >= 11 is 0. The van der Waals surface area contributed by atoms with Gasteiger partial charge in [0.25, 0.3) is 5.91 Å². The summed E-state index contributed by atoms with van der Waals surface area (Å²) in [4.78, 5) is 29.4. The van der Waals surface area contributed by atoms with E-state index in [2.05, 4.69) is 10.3 Å². The molecule has 1 saturated carbocycles. The van der Waals surface area contributed by atoms with Crippen molar-refractivity contribution in [3.63, 3.8) is 0 Å². The molecular formula is C19H22N2O3. The van der Waals surface area contributed by atoms with Crippen LogP contribution in [0.3, 0.4) is 0 Å². The lowest BCUT2D eigenvalue weighted by Gasteiger charge is -2.20. The quantitative estimate of drug-likeness (QED) is 0.858. The lowest BCUT2D eigenvalue weighted by molar-refractivity contribution is -0.144. The Labute approximate surface area is 141 Å². The summed E-state index contributed by atoms with van der Waals surface area (Å²) in [6, 6.07) is 8.80. The first-order valence-corrected chi connectivity index (χ1v) is 8.29. The maximum Gasteiger partial charge on any atom is 0.328 e. The van der Waals surface area contributed by atoms with Gasteiger partial charge < -0.3 is 10.1 Å². The van der Waals surface area contributed by atoms with Gasteiger partial charge in [0.2, 0.25) is 0 Å². The van der Waals surface area contributed by atoms with Gasteiger partial charge in [0.05, 0.1) is 18.2 Å². The first kappa shape index (κ1) is 16.4. The Bertz CT molecular complexity index is 781. The van der Waals surface area contributed by atoms with Gasteiger partial charge in [0.1, 0.15) is 6.04 Å². The van der Waals surface area contributed by atoms with Gasteiger partial charge in [-0.25, -0.2) is 4.79 Å². The summed E-state index contributed by atoms with van der Waals surface area (Å²) < 4.78 is 4.80. The molecule has 126 valence electrons. The predicted octanol–water partition coefficient (Wildman–Crippen LogP) is 3.04. The highest BCUT2D eigenvalue weighted by Crippen LogP contribution is 2.40. The van der Waals surface area contributed by atoms with E-state index in [0.717, 1.165) is 29.4 Å². The van der Waals surface area contributed by atoms with Crippen molar-refractivity contribution >= 4 is 22.8 Å². The average molecular weight is 326 g/mol. The van der Waals surface area contributed by atoms with Crippen molar-refractivity contribution in [2.75, 3.05) is 7.11 Å². The highest BCUT2D eigenvalue weighted by Gasteiger charge is 2.29. The Morgan fingerprint density at radius 3 is 2.58 bits per heavy atom. The van der Waals surface area contributed by atoms with Crippen LogP contribution in [0.5, 0.6) is 0 Å². The van der Waals surface area contributed by atoms with Crippen molar-refractivity contribution in [1.29, 1.82) is 0 Å². The number of nitrogens with one attached hydrogen (secondary N) is 1. The van der Waals surface area contributed by atoms with Crippen molar-refractivity contribution < 1.29 is 14.3 Å². The molecule has 1 N–H and O–H groups in total. The number of amides is 1. The third-order valence-corrected chi connectivity index (χ3v) is 4.38. The van der Waals surface area contributed by atoms with Gasteiger partial charge >= 0.3 is 5.97 Å². The second-order valence-corrected chi connectivity index (χ2v) is 6.60. The number of para-hydroxylation sites is 1. The highest BCUT2D eigenvalue weighted by molar-refractivity contribution is 6.07. The molecule has 1 fully saturated rings. The van der Waals surface area contributed by atoms with Crippen LogP contribution in [0.4, 0.5) is 0 Å². The monoisotopic (exact) mass is 326 g/mol. The number of carbonyl (C=O) groups is 2. The Morgan fingerprint density at radius 2 is 1.96 bits per heavy atom. The molecule has 1 amide bonds. The maximum atomic E-state index is 12.8. The van der Waals surface area contributed by atoms with E-state index in [1.807, 2.05) is 44.2 Å². The Morgan fingerprint density at radius 1 is 1.25 bits per heavy atom. The number of aromatic nitrogens is 1. The number of benzene rings is 1. The third kappa shape index (κ3) is 3.25. The van der Waals surface area contributed by atoms with E-state index >= 15 is 0 Å². The van der Waals surface area contributed by atoms with E-state index in [0.29, 0.717) is 11.5 Å². The van der Waals surface area contributed by atoms with Crippen LogP contribution < -0.4 is 5.32 Å². The van der Waals surface area contributed by atoms with Crippen molar-refractivity contribution in [2.45, 2.75) is 38.6 Å². The average Bonchev–Trinajstić information content (AvgIpc) is 3.42. The van der Waals surface area contributed by atoms with Crippen LogP contribution in [0, 0.1) is 5.92 Å². The van der Waals surface area contributed by atoms with Gasteiger partial charge in [-0.3, -0.25) is 9.78 Å². The molecule has 3 rings (SSSR count). The molecule has 1 aromatic heterocycles. The summed E-state index contributed by atoms with van der Waals surface area (Å²) in [5.74, 6) is -0.307. The molecule has 24 heavy (non-hydrogen) atoms. The normalized spacial score (nSPS) is 15.3. The molecule has 2 aromatic rings. The fourth-order valence-electron chi connectivity index (χ4n) is 2.82. The smallest absolute Gasteiger partial charge is 0.328 e. The number of rotatable bonds is 5. The number of carbonyl (C=O) groups excluding carboxylic acids is 2. The highest BCUT2D eigenvalue weighted by atomic mass is 16.5. The summed E-state index contributed by atoms with van der Waals surface area (Å²) in [6.45, 7) is 3.75. The Balaban J connectivity index is 1.98. The molecule has 0 saturated heterocycles. The number of ether oxygens (including phenoxy) is 1. The number of hydrogen-bond donors (Lipinski definition) is 1. The van der Waals surface area contributed by atoms with Crippen LogP contribution in [0.2, 0.25) is 0 Å². The molecule has 1 aromatic carbocycles. The predicted molar refractivity (Wildman–Crippen MR) is 91.8 cm³/mol. The van der Waals surface area contributed by atoms with E-state index in [1.165, 1.54) is 7.11 Å². The van der Waals surface area contributed by atoms with E-state index in [9.17, 15) is 9.59 Å². The summed E-state index contributed by atoms with van der Waals surface area (Å²) in [7, 11) is 1.33. The van der Waals surface area contributed by atoms with Crippen molar-refractivity contribution in [1.82, 2.24) is 10.3 Å². The minimum absolute atomic E-state index is 0.0580. The summed E-state index contributed by atoms with van der Waals surface area (Å²) in [5, 5.41) is 3.62. The first-order valence-electron chi connectivity index (χ1n) is 8.29. The molecular weight excluding hydrogens is 304 g/mol. The van der Waals surface area contributed by atoms with Gasteiger partial charge in [-0.15, -0.1) is 0 Å². The molecule has 0 aliphatic heterocycles. The lowest BCUT2D eigenvalue weighted by Crippen LogP contribution is -2.45. The van der Waals surface area contributed by atoms with Crippen LogP contribution in [-0.2, 0) is 9.53 Å². The van der Waals surface area contributed by atoms with Gasteiger partial charge in [-0.05, 0) is 30.9 Å². The number of methoxy groups -OCH3 is 1. The van der Waals surface area contributed by atoms with Gasteiger partial charge in [-0.2, -0.15) is 0 Å². The molecule has 0 unspecified atom stereocenters. The van der Waals surface area contributed by atoms with E-state index < -0.39 is 12.0 Å². The lowest BCUT2D eigenvalue weighted by atomic mass is 10.0. The van der Waals surface area contributed by atoms with Crippen molar-refractivity contribution in [2.24, 2.45) is 5.92 Å². The van der Waals surface area contributed by atoms with Gasteiger partial charge in [0.15, 0.2) is 0 Å². The molecule has 5 heteroatoms. The Hall–Kier alpha value is -2.43. The fraction of sp³-hybridized carbons (Fsp3) is 0.421. The molecule has 1 heterocycles. The van der Waals surface area contributed by atoms with Crippen LogP contribution in [0.1, 0.15) is 48.7 Å². The Kier molecular flexibility index (Phi) is 4.51. The van der Waals surface area contributed by atoms with Crippen molar-refractivity contribution in [3.05, 3.63) is 41.6 Å². The zero-order chi connectivity index (χ0) is 17.3. The van der Waals surface area contributed by atoms with Crippen molar-refractivity contribution in [3.8, 4) is 0 Å². The largest absolute Gasteiger partial charge is 0.467 e. The van der Waals surface area contributed by atoms with E-state index in [4.69, 9.17) is 4.74 Å². The molecule has 0 radical (unpaired) electrons. The minimum Gasteiger partial charge on any atom is -0.467 e.